The van der Waals surface area contributed by atoms with Crippen molar-refractivity contribution in [1.82, 2.24) is 4.57 Å². The molecule has 0 aliphatic carbocycles. The number of nitrogens with zero attached hydrogens (tertiary/aromatic N) is 1. The molecule has 1 aliphatic heterocycles. The first-order valence-corrected chi connectivity index (χ1v) is 9.88. The minimum absolute atomic E-state index is 0.0411. The van der Waals surface area contributed by atoms with Gasteiger partial charge in [-0.2, -0.15) is 0 Å². The summed E-state index contributed by atoms with van der Waals surface area (Å²) >= 11 is 1.43. The molecule has 4 rings (SSSR count). The average molecular weight is 405 g/mol. The van der Waals surface area contributed by atoms with Crippen molar-refractivity contribution in [2.45, 2.75) is 37.1 Å². The van der Waals surface area contributed by atoms with Gasteiger partial charge in [-0.25, -0.2) is 13.2 Å². The SMILES string of the molecule is Cc1c(Cc2ccc3c(c2)C(F)(F)CCS3)c2cc(F)ccc2n1CC(=O)O. The van der Waals surface area contributed by atoms with E-state index < -0.39 is 17.7 Å². The number of hydrogen-bond acceptors (Lipinski definition) is 2. The van der Waals surface area contributed by atoms with Crippen LogP contribution in [0.5, 0.6) is 0 Å². The minimum atomic E-state index is -2.85. The Bertz CT molecular complexity index is 1090. The molecule has 1 aliphatic rings. The third-order valence-electron chi connectivity index (χ3n) is 5.20. The van der Waals surface area contributed by atoms with Crippen LogP contribution >= 0.6 is 11.8 Å². The van der Waals surface area contributed by atoms with Gasteiger partial charge in [-0.05, 0) is 54.8 Å². The quantitative estimate of drug-likeness (QED) is 0.636. The Morgan fingerprint density at radius 2 is 2.04 bits per heavy atom. The number of hydrogen-bond donors (Lipinski definition) is 1. The maximum atomic E-state index is 14.3. The number of thioether (sulfide) groups is 1. The molecule has 2 heterocycles. The average Bonchev–Trinajstić information content (AvgIpc) is 2.87. The van der Waals surface area contributed by atoms with Crippen molar-refractivity contribution >= 4 is 28.6 Å². The van der Waals surface area contributed by atoms with Crippen molar-refractivity contribution in [1.29, 1.82) is 0 Å². The highest BCUT2D eigenvalue weighted by molar-refractivity contribution is 7.99. The summed E-state index contributed by atoms with van der Waals surface area (Å²) in [6.45, 7) is 1.53. The second-order valence-electron chi connectivity index (χ2n) is 7.02. The van der Waals surface area contributed by atoms with E-state index >= 15 is 0 Å². The largest absolute Gasteiger partial charge is 0.480 e. The molecule has 0 saturated carbocycles. The van der Waals surface area contributed by atoms with Crippen LogP contribution < -0.4 is 0 Å². The zero-order valence-electron chi connectivity index (χ0n) is 15.1. The van der Waals surface area contributed by atoms with Gasteiger partial charge in [-0.3, -0.25) is 4.79 Å². The van der Waals surface area contributed by atoms with Gasteiger partial charge in [0.2, 0.25) is 0 Å². The lowest BCUT2D eigenvalue weighted by Crippen LogP contribution is -2.19. The van der Waals surface area contributed by atoms with Crippen LogP contribution in [-0.4, -0.2) is 21.4 Å². The number of alkyl halides is 2. The fourth-order valence-corrected chi connectivity index (χ4v) is 4.92. The van der Waals surface area contributed by atoms with Gasteiger partial charge in [0.05, 0.1) is 0 Å². The Morgan fingerprint density at radius 1 is 1.25 bits per heavy atom. The van der Waals surface area contributed by atoms with E-state index in [0.29, 0.717) is 39.2 Å². The normalized spacial score (nSPS) is 15.6. The van der Waals surface area contributed by atoms with Gasteiger partial charge in [0.1, 0.15) is 12.4 Å². The van der Waals surface area contributed by atoms with Gasteiger partial charge >= 0.3 is 5.97 Å². The number of fused-ring (bicyclic) bond motifs is 2. The number of rotatable bonds is 4. The van der Waals surface area contributed by atoms with E-state index in [9.17, 15) is 23.1 Å². The van der Waals surface area contributed by atoms with E-state index in [4.69, 9.17) is 0 Å². The maximum absolute atomic E-state index is 14.3. The molecule has 0 saturated heterocycles. The summed E-state index contributed by atoms with van der Waals surface area (Å²) in [5, 5.41) is 9.82. The number of aromatic nitrogens is 1. The number of halogens is 3. The summed E-state index contributed by atoms with van der Waals surface area (Å²) in [7, 11) is 0. The number of carboxylic acid groups (broad SMARTS) is 1. The van der Waals surface area contributed by atoms with Crippen LogP contribution in [0.2, 0.25) is 0 Å². The molecule has 3 nitrogen and oxygen atoms in total. The Labute approximate surface area is 164 Å². The zero-order chi connectivity index (χ0) is 20.1. The van der Waals surface area contributed by atoms with Crippen LogP contribution in [0.25, 0.3) is 10.9 Å². The van der Waals surface area contributed by atoms with Crippen LogP contribution in [0.1, 0.15) is 28.8 Å². The van der Waals surface area contributed by atoms with E-state index in [1.165, 1.54) is 30.0 Å². The van der Waals surface area contributed by atoms with Crippen LogP contribution in [0.15, 0.2) is 41.3 Å². The number of carboxylic acids is 1. The van der Waals surface area contributed by atoms with Gasteiger partial charge in [0, 0.05) is 39.2 Å². The maximum Gasteiger partial charge on any atom is 0.323 e. The molecular weight excluding hydrogens is 387 g/mol. The summed E-state index contributed by atoms with van der Waals surface area (Å²) in [5.74, 6) is -3.88. The monoisotopic (exact) mass is 405 g/mol. The highest BCUT2D eigenvalue weighted by atomic mass is 32.2. The fraction of sp³-hybridized carbons (Fsp3) is 0.286. The Balaban J connectivity index is 1.81. The van der Waals surface area contributed by atoms with Gasteiger partial charge < -0.3 is 9.67 Å². The molecule has 3 aromatic rings. The summed E-state index contributed by atoms with van der Waals surface area (Å²) in [6.07, 6.45) is 0.142. The van der Waals surface area contributed by atoms with E-state index in [1.807, 2.05) is 6.07 Å². The third kappa shape index (κ3) is 3.28. The second-order valence-corrected chi connectivity index (χ2v) is 8.15. The van der Waals surface area contributed by atoms with Crippen molar-refractivity contribution in [2.24, 2.45) is 0 Å². The second kappa shape index (κ2) is 6.88. The van der Waals surface area contributed by atoms with Crippen LogP contribution in [0, 0.1) is 12.7 Å². The Morgan fingerprint density at radius 3 is 2.79 bits per heavy atom. The van der Waals surface area contributed by atoms with E-state index in [-0.39, 0.29) is 18.5 Å². The molecule has 1 aromatic heterocycles. The van der Waals surface area contributed by atoms with Crippen molar-refractivity contribution in [3.63, 3.8) is 0 Å². The number of benzene rings is 2. The first-order valence-electron chi connectivity index (χ1n) is 8.89. The summed E-state index contributed by atoms with van der Waals surface area (Å²) in [5.41, 5.74) is 2.81. The third-order valence-corrected chi connectivity index (χ3v) is 6.28. The lowest BCUT2D eigenvalue weighted by molar-refractivity contribution is -0.137. The predicted octanol–water partition coefficient (Wildman–Crippen LogP) is 5.35. The summed E-state index contributed by atoms with van der Waals surface area (Å²) in [4.78, 5) is 11.8. The van der Waals surface area contributed by atoms with Crippen molar-refractivity contribution in [3.05, 3.63) is 64.6 Å². The molecule has 146 valence electrons. The number of aliphatic carboxylic acids is 1. The van der Waals surface area contributed by atoms with Crippen molar-refractivity contribution < 1.29 is 23.1 Å². The molecule has 0 bridgehead atoms. The smallest absolute Gasteiger partial charge is 0.323 e. The molecule has 0 atom stereocenters. The fourth-order valence-electron chi connectivity index (χ4n) is 3.81. The van der Waals surface area contributed by atoms with E-state index in [0.717, 1.165) is 5.56 Å². The lowest BCUT2D eigenvalue weighted by Gasteiger charge is -2.25. The van der Waals surface area contributed by atoms with Crippen molar-refractivity contribution in [3.8, 4) is 0 Å². The Kier molecular flexibility index (Phi) is 4.65. The predicted molar refractivity (Wildman–Crippen MR) is 103 cm³/mol. The molecule has 7 heteroatoms. The molecule has 0 fully saturated rings. The molecule has 28 heavy (non-hydrogen) atoms. The van der Waals surface area contributed by atoms with Gasteiger partial charge in [-0.1, -0.05) is 6.07 Å². The van der Waals surface area contributed by atoms with Gasteiger partial charge in [0.15, 0.2) is 0 Å². The van der Waals surface area contributed by atoms with Gasteiger partial charge in [-0.15, -0.1) is 11.8 Å². The van der Waals surface area contributed by atoms with Crippen LogP contribution in [-0.2, 0) is 23.7 Å². The molecule has 0 amide bonds. The molecule has 0 radical (unpaired) electrons. The highest BCUT2D eigenvalue weighted by Crippen LogP contribution is 2.44. The first-order chi connectivity index (χ1) is 13.3. The highest BCUT2D eigenvalue weighted by Gasteiger charge is 2.37. The van der Waals surface area contributed by atoms with E-state index in [1.54, 1.807) is 23.6 Å². The molecule has 1 N–H and O–H groups in total. The molecule has 0 spiro atoms. The molecule has 2 aromatic carbocycles. The Hall–Kier alpha value is -2.41. The van der Waals surface area contributed by atoms with Gasteiger partial charge in [0.25, 0.3) is 5.92 Å². The van der Waals surface area contributed by atoms with Crippen LogP contribution in [0.3, 0.4) is 0 Å². The zero-order valence-corrected chi connectivity index (χ0v) is 16.0. The van der Waals surface area contributed by atoms with Crippen LogP contribution in [0.4, 0.5) is 13.2 Å². The standard InChI is InChI=1S/C21H18F3NO2S/c1-12-15(16-10-14(22)3-4-18(16)25(12)11-20(26)27)8-13-2-5-19-17(9-13)21(23,24)6-7-28-19/h2-5,9-10H,6-8,11H2,1H3,(H,26,27). The summed E-state index contributed by atoms with van der Waals surface area (Å²) in [6, 6.07) is 9.28. The number of carbonyl (C=O) groups is 1. The topological polar surface area (TPSA) is 42.2 Å². The molecule has 0 unspecified atom stereocenters. The minimum Gasteiger partial charge on any atom is -0.480 e. The van der Waals surface area contributed by atoms with Crippen molar-refractivity contribution in [2.75, 3.05) is 5.75 Å². The lowest BCUT2D eigenvalue weighted by atomic mass is 9.97. The first kappa shape index (κ1) is 18.9. The molecular formula is C21H18F3NO2S. The van der Waals surface area contributed by atoms with E-state index in [2.05, 4.69) is 0 Å². The summed E-state index contributed by atoms with van der Waals surface area (Å²) < 4.78 is 44.1.